The van der Waals surface area contributed by atoms with Crippen molar-refractivity contribution in [1.29, 1.82) is 0 Å². The second-order valence-electron chi connectivity index (χ2n) is 7.18. The average Bonchev–Trinajstić information content (AvgIpc) is 3.04. The van der Waals surface area contributed by atoms with Crippen LogP contribution >= 0.6 is 0 Å². The predicted octanol–water partition coefficient (Wildman–Crippen LogP) is 0.761. The molecule has 2 atom stereocenters. The minimum atomic E-state index is -4.06. The molecule has 0 aromatic heterocycles. The van der Waals surface area contributed by atoms with E-state index in [-0.39, 0.29) is 16.2 Å². The van der Waals surface area contributed by atoms with E-state index in [1.54, 1.807) is 12.1 Å². The maximum absolute atomic E-state index is 12.5. The highest BCUT2D eigenvalue weighted by atomic mass is 32.2. The molecular weight excluding hydrogens is 448 g/mol. The van der Waals surface area contributed by atoms with Crippen LogP contribution in [-0.4, -0.2) is 51.1 Å². The lowest BCUT2D eigenvalue weighted by Crippen LogP contribution is -2.38. The van der Waals surface area contributed by atoms with E-state index in [2.05, 4.69) is 9.44 Å². The van der Waals surface area contributed by atoms with Gasteiger partial charge in [-0.1, -0.05) is 12.1 Å². The summed E-state index contributed by atoms with van der Waals surface area (Å²) in [5.41, 5.74) is 2.75. The molecule has 2 aromatic rings. The molecule has 4 N–H and O–H groups in total. The summed E-state index contributed by atoms with van der Waals surface area (Å²) in [4.78, 5) is 21.7. The molecule has 0 saturated carbocycles. The SMILES string of the molecule is CC(NS(=O)(=O)c1ccc2c(c1)Cc1cc(S(=O)(=O)NC(C)C(=O)O)ccc1-2)C(=O)O. The second-order valence-corrected chi connectivity index (χ2v) is 10.6. The molecule has 0 heterocycles. The summed E-state index contributed by atoms with van der Waals surface area (Å²) in [6.07, 6.45) is 0.264. The Morgan fingerprint density at radius 2 is 1.13 bits per heavy atom. The lowest BCUT2D eigenvalue weighted by atomic mass is 10.1. The molecule has 1 aliphatic rings. The van der Waals surface area contributed by atoms with Crippen LogP contribution < -0.4 is 9.44 Å². The molecular formula is C19H20N2O8S2. The number of carboxylic acids is 2. The van der Waals surface area contributed by atoms with Gasteiger partial charge in [0.2, 0.25) is 20.0 Å². The van der Waals surface area contributed by atoms with Gasteiger partial charge in [-0.25, -0.2) is 16.8 Å². The molecule has 0 aliphatic heterocycles. The summed E-state index contributed by atoms with van der Waals surface area (Å²) in [6, 6.07) is 6.11. The first-order chi connectivity index (χ1) is 14.3. The van der Waals surface area contributed by atoms with Crippen molar-refractivity contribution in [2.45, 2.75) is 42.1 Å². The Hall–Kier alpha value is -2.80. The highest BCUT2D eigenvalue weighted by Crippen LogP contribution is 2.38. The minimum absolute atomic E-state index is 0.100. The van der Waals surface area contributed by atoms with Crippen LogP contribution in [0.3, 0.4) is 0 Å². The van der Waals surface area contributed by atoms with Crippen molar-refractivity contribution in [2.75, 3.05) is 0 Å². The van der Waals surface area contributed by atoms with Gasteiger partial charge in [0, 0.05) is 0 Å². The van der Waals surface area contributed by atoms with E-state index >= 15 is 0 Å². The third-order valence-corrected chi connectivity index (χ3v) is 7.93. The predicted molar refractivity (Wildman–Crippen MR) is 110 cm³/mol. The van der Waals surface area contributed by atoms with Gasteiger partial charge in [0.1, 0.15) is 12.1 Å². The second kappa shape index (κ2) is 8.04. The summed E-state index contributed by atoms with van der Waals surface area (Å²) >= 11 is 0. The third-order valence-electron chi connectivity index (χ3n) is 4.85. The monoisotopic (exact) mass is 468 g/mol. The Bertz CT molecular complexity index is 1190. The fourth-order valence-electron chi connectivity index (χ4n) is 3.20. The Morgan fingerprint density at radius 1 is 0.774 bits per heavy atom. The van der Waals surface area contributed by atoms with Crippen LogP contribution in [0.2, 0.25) is 0 Å². The van der Waals surface area contributed by atoms with E-state index in [4.69, 9.17) is 10.2 Å². The van der Waals surface area contributed by atoms with Crippen LogP contribution in [0.5, 0.6) is 0 Å². The number of hydrogen-bond donors (Lipinski definition) is 4. The topological polar surface area (TPSA) is 167 Å². The number of hydrogen-bond acceptors (Lipinski definition) is 6. The van der Waals surface area contributed by atoms with Gasteiger partial charge in [0.15, 0.2) is 0 Å². The van der Waals surface area contributed by atoms with Gasteiger partial charge in [0.25, 0.3) is 0 Å². The molecule has 0 saturated heterocycles. The highest BCUT2D eigenvalue weighted by Gasteiger charge is 2.27. The van der Waals surface area contributed by atoms with Gasteiger partial charge in [0.05, 0.1) is 9.79 Å². The van der Waals surface area contributed by atoms with Gasteiger partial charge >= 0.3 is 11.9 Å². The molecule has 0 radical (unpaired) electrons. The Labute approximate surface area is 179 Å². The molecule has 166 valence electrons. The summed E-state index contributed by atoms with van der Waals surface area (Å²) in [6.45, 7) is 2.43. The van der Waals surface area contributed by atoms with Gasteiger partial charge in [-0.3, -0.25) is 9.59 Å². The lowest BCUT2D eigenvalue weighted by Gasteiger charge is -2.11. The van der Waals surface area contributed by atoms with Crippen LogP contribution in [0, 0.1) is 0 Å². The van der Waals surface area contributed by atoms with Crippen LogP contribution in [-0.2, 0) is 36.1 Å². The number of sulfonamides is 2. The number of benzene rings is 2. The molecule has 31 heavy (non-hydrogen) atoms. The third kappa shape index (κ3) is 4.61. The van der Waals surface area contributed by atoms with E-state index < -0.39 is 44.1 Å². The highest BCUT2D eigenvalue weighted by molar-refractivity contribution is 7.89. The first kappa shape index (κ1) is 22.9. The van der Waals surface area contributed by atoms with E-state index in [9.17, 15) is 26.4 Å². The normalized spacial score (nSPS) is 15.0. The Kier molecular flexibility index (Phi) is 5.93. The number of carboxylic acid groups (broad SMARTS) is 2. The maximum atomic E-state index is 12.5. The van der Waals surface area contributed by atoms with Gasteiger partial charge in [-0.05, 0) is 66.8 Å². The Balaban J connectivity index is 1.91. The van der Waals surface area contributed by atoms with Crippen LogP contribution in [0.15, 0.2) is 46.2 Å². The molecule has 0 bridgehead atoms. The molecule has 3 rings (SSSR count). The Morgan fingerprint density at radius 3 is 1.45 bits per heavy atom. The fourth-order valence-corrected chi connectivity index (χ4v) is 5.69. The van der Waals surface area contributed by atoms with Gasteiger partial charge in [-0.15, -0.1) is 0 Å². The summed E-state index contributed by atoms with van der Waals surface area (Å²) in [5.74, 6) is -2.62. The zero-order valence-corrected chi connectivity index (χ0v) is 18.1. The molecule has 0 fully saturated rings. The van der Waals surface area contributed by atoms with E-state index in [0.717, 1.165) is 11.1 Å². The number of aliphatic carboxylic acids is 2. The van der Waals surface area contributed by atoms with Crippen LogP contribution in [0.25, 0.3) is 11.1 Å². The summed E-state index contributed by atoms with van der Waals surface area (Å²) < 4.78 is 54.0. The molecule has 0 amide bonds. The molecule has 2 unspecified atom stereocenters. The number of nitrogens with one attached hydrogen (secondary N) is 2. The largest absolute Gasteiger partial charge is 0.480 e. The van der Waals surface area contributed by atoms with E-state index in [1.165, 1.54) is 38.1 Å². The van der Waals surface area contributed by atoms with E-state index in [0.29, 0.717) is 11.1 Å². The zero-order valence-electron chi connectivity index (χ0n) is 16.5. The zero-order chi connectivity index (χ0) is 23.1. The van der Waals surface area contributed by atoms with Crippen molar-refractivity contribution in [1.82, 2.24) is 9.44 Å². The molecule has 12 heteroatoms. The van der Waals surface area contributed by atoms with E-state index in [1.807, 2.05) is 0 Å². The van der Waals surface area contributed by atoms with Crippen molar-refractivity contribution in [3.8, 4) is 11.1 Å². The quantitative estimate of drug-likeness (QED) is 0.376. The fraction of sp³-hybridized carbons (Fsp3) is 0.263. The molecule has 10 nitrogen and oxygen atoms in total. The molecule has 2 aromatic carbocycles. The van der Waals surface area contributed by atoms with Crippen molar-refractivity contribution in [2.24, 2.45) is 0 Å². The molecule has 1 aliphatic carbocycles. The average molecular weight is 469 g/mol. The lowest BCUT2D eigenvalue weighted by molar-refractivity contribution is -0.139. The van der Waals surface area contributed by atoms with Crippen LogP contribution in [0.4, 0.5) is 0 Å². The number of carbonyl (C=O) groups is 2. The van der Waals surface area contributed by atoms with Crippen molar-refractivity contribution < 1.29 is 36.6 Å². The summed E-state index contributed by atoms with van der Waals surface area (Å²) in [7, 11) is -8.12. The standard InChI is InChI=1S/C19H20N2O8S2/c1-10(18(22)23)20-30(26,27)14-3-5-16-12(8-14)7-13-9-15(4-6-17(13)16)31(28,29)21-11(2)19(24)25/h3-6,8-11,20-21H,7H2,1-2H3,(H,22,23)(H,24,25). The maximum Gasteiger partial charge on any atom is 0.321 e. The van der Waals surface area contributed by atoms with Crippen molar-refractivity contribution in [3.05, 3.63) is 47.5 Å². The molecule has 0 spiro atoms. The number of fused-ring (bicyclic) bond motifs is 3. The first-order valence-corrected chi connectivity index (χ1v) is 12.0. The van der Waals surface area contributed by atoms with Gasteiger partial charge in [-0.2, -0.15) is 9.44 Å². The minimum Gasteiger partial charge on any atom is -0.480 e. The van der Waals surface area contributed by atoms with Gasteiger partial charge < -0.3 is 10.2 Å². The first-order valence-electron chi connectivity index (χ1n) is 9.08. The number of rotatable bonds is 8. The smallest absolute Gasteiger partial charge is 0.321 e. The van der Waals surface area contributed by atoms with Crippen molar-refractivity contribution in [3.63, 3.8) is 0 Å². The van der Waals surface area contributed by atoms with Crippen molar-refractivity contribution >= 4 is 32.0 Å². The van der Waals surface area contributed by atoms with Crippen LogP contribution in [0.1, 0.15) is 25.0 Å². The summed E-state index contributed by atoms with van der Waals surface area (Å²) in [5, 5.41) is 17.9.